The molecule has 1 heterocycles. The Bertz CT molecular complexity index is 1240. The standard InChI is InChI=1S/C25H25N5O2/c1-3-22(17-7-5-4-6-8-17)30(27)25-21-14-18(16-9-11-19(32-2)12-10-16)13-20(24(26)31)23(21)28-15-29-25/h4-15,22H,3,27H2,1-2H3,(H2,26,31). The maximum absolute atomic E-state index is 12.3. The fourth-order valence-corrected chi connectivity index (χ4v) is 3.91. The zero-order valence-electron chi connectivity index (χ0n) is 18.0. The molecule has 0 spiro atoms. The van der Waals surface area contributed by atoms with Crippen molar-refractivity contribution < 1.29 is 9.53 Å². The van der Waals surface area contributed by atoms with Gasteiger partial charge in [0.25, 0.3) is 5.91 Å². The average Bonchev–Trinajstić information content (AvgIpc) is 2.84. The number of anilines is 1. The molecule has 0 bridgehead atoms. The highest BCUT2D eigenvalue weighted by molar-refractivity contribution is 6.09. The van der Waals surface area contributed by atoms with E-state index in [1.807, 2.05) is 60.7 Å². The Morgan fingerprint density at radius 3 is 2.38 bits per heavy atom. The van der Waals surface area contributed by atoms with E-state index >= 15 is 0 Å². The van der Waals surface area contributed by atoms with Gasteiger partial charge >= 0.3 is 0 Å². The number of hydrogen-bond acceptors (Lipinski definition) is 6. The van der Waals surface area contributed by atoms with E-state index < -0.39 is 5.91 Å². The fourth-order valence-electron chi connectivity index (χ4n) is 3.91. The third-order valence-corrected chi connectivity index (χ3v) is 5.56. The highest BCUT2D eigenvalue weighted by Gasteiger charge is 2.22. The number of methoxy groups -OCH3 is 1. The molecule has 7 nitrogen and oxygen atoms in total. The average molecular weight is 428 g/mol. The van der Waals surface area contributed by atoms with E-state index in [2.05, 4.69) is 16.9 Å². The minimum Gasteiger partial charge on any atom is -0.497 e. The van der Waals surface area contributed by atoms with E-state index in [-0.39, 0.29) is 6.04 Å². The van der Waals surface area contributed by atoms with E-state index in [0.717, 1.165) is 28.9 Å². The number of rotatable bonds is 7. The molecule has 0 saturated heterocycles. The SMILES string of the molecule is CCC(c1ccccc1)N(N)c1ncnc2c(C(N)=O)cc(-c3ccc(OC)cc3)cc12. The monoisotopic (exact) mass is 427 g/mol. The first-order valence-electron chi connectivity index (χ1n) is 10.3. The summed E-state index contributed by atoms with van der Waals surface area (Å²) >= 11 is 0. The second-order valence-electron chi connectivity index (χ2n) is 7.45. The van der Waals surface area contributed by atoms with Crippen molar-refractivity contribution in [1.29, 1.82) is 0 Å². The first kappa shape index (κ1) is 21.3. The van der Waals surface area contributed by atoms with Crippen LogP contribution in [0.5, 0.6) is 5.75 Å². The minimum atomic E-state index is -0.561. The lowest BCUT2D eigenvalue weighted by molar-refractivity contribution is 0.100. The van der Waals surface area contributed by atoms with Gasteiger partial charge in [-0.1, -0.05) is 49.4 Å². The number of ether oxygens (including phenoxy) is 1. The van der Waals surface area contributed by atoms with Crippen molar-refractivity contribution in [3.8, 4) is 16.9 Å². The predicted molar refractivity (Wildman–Crippen MR) is 126 cm³/mol. The van der Waals surface area contributed by atoms with E-state index in [9.17, 15) is 4.79 Å². The fraction of sp³-hybridized carbons (Fsp3) is 0.160. The van der Waals surface area contributed by atoms with Crippen molar-refractivity contribution in [3.05, 3.63) is 84.2 Å². The number of aromatic nitrogens is 2. The topological polar surface area (TPSA) is 107 Å². The van der Waals surface area contributed by atoms with Crippen molar-refractivity contribution in [3.63, 3.8) is 0 Å². The number of carbonyl (C=O) groups excluding carboxylic acids is 1. The predicted octanol–water partition coefficient (Wildman–Crippen LogP) is 4.24. The largest absolute Gasteiger partial charge is 0.497 e. The maximum Gasteiger partial charge on any atom is 0.250 e. The van der Waals surface area contributed by atoms with Crippen LogP contribution in [0.15, 0.2) is 73.1 Å². The number of amides is 1. The summed E-state index contributed by atoms with van der Waals surface area (Å²) in [5.74, 6) is 7.33. The Kier molecular flexibility index (Phi) is 6.00. The van der Waals surface area contributed by atoms with Gasteiger partial charge in [0.2, 0.25) is 0 Å². The molecule has 1 unspecified atom stereocenters. The first-order valence-corrected chi connectivity index (χ1v) is 10.3. The summed E-state index contributed by atoms with van der Waals surface area (Å²) in [6, 6.07) is 21.2. The lowest BCUT2D eigenvalue weighted by Gasteiger charge is -2.29. The summed E-state index contributed by atoms with van der Waals surface area (Å²) in [6.07, 6.45) is 2.18. The molecular weight excluding hydrogens is 402 g/mol. The number of benzene rings is 3. The lowest BCUT2D eigenvalue weighted by Crippen LogP contribution is -2.36. The number of primary amides is 1. The van der Waals surface area contributed by atoms with Gasteiger partial charge in [0.05, 0.1) is 24.2 Å². The Morgan fingerprint density at radius 2 is 1.75 bits per heavy atom. The third kappa shape index (κ3) is 3.98. The van der Waals surface area contributed by atoms with Gasteiger partial charge in [0.1, 0.15) is 12.1 Å². The molecule has 1 atom stereocenters. The van der Waals surface area contributed by atoms with Crippen LogP contribution < -0.4 is 21.3 Å². The molecule has 32 heavy (non-hydrogen) atoms. The van der Waals surface area contributed by atoms with Crippen LogP contribution in [-0.2, 0) is 0 Å². The first-order chi connectivity index (χ1) is 15.5. The molecule has 3 aromatic carbocycles. The molecule has 162 valence electrons. The van der Waals surface area contributed by atoms with Gasteiger partial charge in [0, 0.05) is 5.39 Å². The lowest BCUT2D eigenvalue weighted by atomic mass is 9.98. The summed E-state index contributed by atoms with van der Waals surface area (Å²) in [5, 5.41) is 2.30. The Balaban J connectivity index is 1.89. The van der Waals surface area contributed by atoms with Crippen molar-refractivity contribution in [2.24, 2.45) is 11.6 Å². The molecule has 0 aliphatic heterocycles. The van der Waals surface area contributed by atoms with Gasteiger partial charge in [-0.3, -0.25) is 9.80 Å². The molecule has 4 N–H and O–H groups in total. The van der Waals surface area contributed by atoms with Crippen LogP contribution in [0.25, 0.3) is 22.0 Å². The van der Waals surface area contributed by atoms with Crippen LogP contribution in [0.3, 0.4) is 0 Å². The normalized spacial score (nSPS) is 11.8. The summed E-state index contributed by atoms with van der Waals surface area (Å²) in [7, 11) is 1.62. The molecule has 4 rings (SSSR count). The van der Waals surface area contributed by atoms with Crippen LogP contribution >= 0.6 is 0 Å². The molecule has 7 heteroatoms. The van der Waals surface area contributed by atoms with Gasteiger partial charge in [-0.15, -0.1) is 0 Å². The minimum absolute atomic E-state index is 0.101. The van der Waals surface area contributed by atoms with Crippen molar-refractivity contribution in [1.82, 2.24) is 9.97 Å². The Morgan fingerprint density at radius 1 is 1.03 bits per heavy atom. The summed E-state index contributed by atoms with van der Waals surface area (Å²) in [4.78, 5) is 21.1. The second-order valence-corrected chi connectivity index (χ2v) is 7.45. The number of fused-ring (bicyclic) bond motifs is 1. The highest BCUT2D eigenvalue weighted by Crippen LogP contribution is 2.34. The van der Waals surface area contributed by atoms with Crippen molar-refractivity contribution >= 4 is 22.6 Å². The second kappa shape index (κ2) is 9.03. The summed E-state index contributed by atoms with van der Waals surface area (Å²) in [5.41, 5.74) is 9.29. The molecule has 0 fully saturated rings. The Hall–Kier alpha value is -3.97. The molecular formula is C25H25N5O2. The van der Waals surface area contributed by atoms with E-state index in [4.69, 9.17) is 16.3 Å². The number of nitrogens with zero attached hydrogens (tertiary/aromatic N) is 3. The van der Waals surface area contributed by atoms with Crippen LogP contribution in [0.2, 0.25) is 0 Å². The molecule has 0 radical (unpaired) electrons. The zero-order valence-corrected chi connectivity index (χ0v) is 18.0. The van der Waals surface area contributed by atoms with Crippen LogP contribution in [-0.4, -0.2) is 23.0 Å². The van der Waals surface area contributed by atoms with E-state index in [1.165, 1.54) is 6.33 Å². The number of nitrogens with two attached hydrogens (primary N) is 2. The molecule has 4 aromatic rings. The molecule has 1 aromatic heterocycles. The quantitative estimate of drug-likeness (QED) is 0.337. The molecule has 0 aliphatic carbocycles. The van der Waals surface area contributed by atoms with Gasteiger partial charge in [-0.25, -0.2) is 15.8 Å². The summed E-state index contributed by atoms with van der Waals surface area (Å²) in [6.45, 7) is 2.07. The van der Waals surface area contributed by atoms with Crippen molar-refractivity contribution in [2.75, 3.05) is 12.1 Å². The van der Waals surface area contributed by atoms with E-state index in [0.29, 0.717) is 22.3 Å². The van der Waals surface area contributed by atoms with Gasteiger partial charge in [0.15, 0.2) is 5.82 Å². The Labute approximate surface area is 186 Å². The van der Waals surface area contributed by atoms with Crippen LogP contribution in [0.4, 0.5) is 5.82 Å². The van der Waals surface area contributed by atoms with Crippen LogP contribution in [0.1, 0.15) is 35.3 Å². The van der Waals surface area contributed by atoms with Gasteiger partial charge in [-0.2, -0.15) is 0 Å². The number of hydrazine groups is 1. The van der Waals surface area contributed by atoms with Crippen LogP contribution in [0, 0.1) is 0 Å². The maximum atomic E-state index is 12.3. The van der Waals surface area contributed by atoms with E-state index in [1.54, 1.807) is 18.2 Å². The smallest absolute Gasteiger partial charge is 0.250 e. The molecule has 1 amide bonds. The van der Waals surface area contributed by atoms with Crippen molar-refractivity contribution in [2.45, 2.75) is 19.4 Å². The molecule has 0 aliphatic rings. The number of carbonyl (C=O) groups is 1. The van der Waals surface area contributed by atoms with Gasteiger partial charge in [-0.05, 0) is 47.4 Å². The highest BCUT2D eigenvalue weighted by atomic mass is 16.5. The molecule has 0 saturated carbocycles. The summed E-state index contributed by atoms with van der Waals surface area (Å²) < 4.78 is 5.25. The zero-order chi connectivity index (χ0) is 22.7. The number of hydrogen-bond donors (Lipinski definition) is 2. The third-order valence-electron chi connectivity index (χ3n) is 5.56. The van der Waals surface area contributed by atoms with Gasteiger partial charge < -0.3 is 10.5 Å².